The molecular formula is C8H9FN2O2. The predicted molar refractivity (Wildman–Crippen MR) is 45.8 cm³/mol. The maximum Gasteiger partial charge on any atom is 0.243 e. The number of halogens is 1. The van der Waals surface area contributed by atoms with Crippen molar-refractivity contribution in [1.29, 1.82) is 0 Å². The van der Waals surface area contributed by atoms with Crippen molar-refractivity contribution in [2.75, 3.05) is 6.61 Å². The summed E-state index contributed by atoms with van der Waals surface area (Å²) in [4.78, 5) is 13.9. The molecule has 0 aliphatic rings. The lowest BCUT2D eigenvalue weighted by molar-refractivity contribution is 0.204. The molecule has 0 amide bonds. The highest BCUT2D eigenvalue weighted by atomic mass is 19.1. The summed E-state index contributed by atoms with van der Waals surface area (Å²) in [6, 6.07) is 3.01. The van der Waals surface area contributed by atoms with Crippen LogP contribution in [0.2, 0.25) is 0 Å². The number of aromatic nitrogens is 1. The SMILES string of the molecule is CC(F)COc1ncccc1N=O. The molecule has 0 aliphatic heterocycles. The summed E-state index contributed by atoms with van der Waals surface area (Å²) in [5.41, 5.74) is 0.0863. The van der Waals surface area contributed by atoms with E-state index in [0.717, 1.165) is 0 Å². The fraction of sp³-hybridized carbons (Fsp3) is 0.375. The summed E-state index contributed by atoms with van der Waals surface area (Å²) in [5.74, 6) is 0.0713. The zero-order valence-corrected chi connectivity index (χ0v) is 7.11. The molecule has 0 saturated heterocycles. The molecule has 0 saturated carbocycles. The van der Waals surface area contributed by atoms with Crippen LogP contribution >= 0.6 is 0 Å². The van der Waals surface area contributed by atoms with Gasteiger partial charge in [0.1, 0.15) is 12.8 Å². The van der Waals surface area contributed by atoms with Gasteiger partial charge in [0.05, 0.1) is 0 Å². The van der Waals surface area contributed by atoms with Crippen LogP contribution in [0.25, 0.3) is 0 Å². The van der Waals surface area contributed by atoms with Crippen LogP contribution in [0.5, 0.6) is 5.88 Å². The lowest BCUT2D eigenvalue weighted by Crippen LogP contribution is -2.09. The van der Waals surface area contributed by atoms with Crippen molar-refractivity contribution in [1.82, 2.24) is 4.98 Å². The summed E-state index contributed by atoms with van der Waals surface area (Å²) in [6.07, 6.45) is 0.355. The van der Waals surface area contributed by atoms with Gasteiger partial charge in [-0.05, 0) is 24.2 Å². The number of pyridine rings is 1. The molecule has 1 aromatic heterocycles. The zero-order valence-electron chi connectivity index (χ0n) is 7.11. The Labute approximate surface area is 74.7 Å². The highest BCUT2D eigenvalue weighted by Crippen LogP contribution is 2.23. The highest BCUT2D eigenvalue weighted by molar-refractivity contribution is 5.45. The second kappa shape index (κ2) is 4.49. The molecule has 0 bridgehead atoms. The third kappa shape index (κ3) is 2.77. The summed E-state index contributed by atoms with van der Waals surface area (Å²) in [6.45, 7) is 1.23. The van der Waals surface area contributed by atoms with Gasteiger partial charge in [0, 0.05) is 6.20 Å². The third-order valence-corrected chi connectivity index (χ3v) is 1.30. The molecule has 1 atom stereocenters. The van der Waals surface area contributed by atoms with Crippen molar-refractivity contribution in [2.24, 2.45) is 5.18 Å². The number of nitrogens with zero attached hydrogens (tertiary/aromatic N) is 2. The lowest BCUT2D eigenvalue weighted by Gasteiger charge is -2.05. The van der Waals surface area contributed by atoms with E-state index >= 15 is 0 Å². The van der Waals surface area contributed by atoms with E-state index in [2.05, 4.69) is 10.2 Å². The monoisotopic (exact) mass is 184 g/mol. The standard InChI is InChI=1S/C8H9FN2O2/c1-6(9)5-13-8-7(11-12)3-2-4-10-8/h2-4,6H,5H2,1H3. The van der Waals surface area contributed by atoms with E-state index in [1.807, 2.05) is 0 Å². The van der Waals surface area contributed by atoms with E-state index in [9.17, 15) is 9.30 Å². The van der Waals surface area contributed by atoms with Crippen molar-refractivity contribution in [3.63, 3.8) is 0 Å². The Morgan fingerprint density at radius 1 is 1.77 bits per heavy atom. The van der Waals surface area contributed by atoms with Crippen molar-refractivity contribution < 1.29 is 9.13 Å². The molecule has 1 unspecified atom stereocenters. The van der Waals surface area contributed by atoms with E-state index in [1.54, 1.807) is 6.07 Å². The molecule has 1 aromatic rings. The summed E-state index contributed by atoms with van der Waals surface area (Å²) in [5, 5.41) is 2.69. The van der Waals surface area contributed by atoms with Gasteiger partial charge in [-0.15, -0.1) is 4.91 Å². The zero-order chi connectivity index (χ0) is 9.68. The van der Waals surface area contributed by atoms with Gasteiger partial charge in [-0.3, -0.25) is 0 Å². The second-order valence-electron chi connectivity index (χ2n) is 2.51. The van der Waals surface area contributed by atoms with Crippen molar-refractivity contribution in [2.45, 2.75) is 13.1 Å². The fourth-order valence-electron chi connectivity index (χ4n) is 0.757. The highest BCUT2D eigenvalue weighted by Gasteiger charge is 2.06. The summed E-state index contributed by atoms with van der Waals surface area (Å²) < 4.78 is 17.3. The molecule has 0 spiro atoms. The molecule has 1 rings (SSSR count). The van der Waals surface area contributed by atoms with E-state index in [1.165, 1.54) is 19.2 Å². The smallest absolute Gasteiger partial charge is 0.243 e. The van der Waals surface area contributed by atoms with Gasteiger partial charge >= 0.3 is 0 Å². The minimum absolute atomic E-state index is 0.0713. The maximum atomic E-state index is 12.4. The molecule has 13 heavy (non-hydrogen) atoms. The minimum atomic E-state index is -1.10. The number of rotatable bonds is 4. The normalized spacial score (nSPS) is 12.2. The molecular weight excluding hydrogens is 175 g/mol. The Bertz CT molecular complexity index is 291. The number of ether oxygens (including phenoxy) is 1. The van der Waals surface area contributed by atoms with E-state index < -0.39 is 6.17 Å². The number of hydrogen-bond donors (Lipinski definition) is 0. The molecule has 0 radical (unpaired) electrons. The first-order valence-corrected chi connectivity index (χ1v) is 3.79. The first-order valence-electron chi connectivity index (χ1n) is 3.79. The van der Waals surface area contributed by atoms with Crippen LogP contribution in [0.1, 0.15) is 6.92 Å². The van der Waals surface area contributed by atoms with Crippen LogP contribution in [0.15, 0.2) is 23.5 Å². The Morgan fingerprint density at radius 2 is 2.54 bits per heavy atom. The van der Waals surface area contributed by atoms with Crippen molar-refractivity contribution in [3.05, 3.63) is 23.2 Å². The van der Waals surface area contributed by atoms with Crippen LogP contribution < -0.4 is 4.74 Å². The van der Waals surface area contributed by atoms with Gasteiger partial charge in [-0.2, -0.15) is 0 Å². The average molecular weight is 184 g/mol. The molecule has 1 heterocycles. The second-order valence-corrected chi connectivity index (χ2v) is 2.51. The van der Waals surface area contributed by atoms with E-state index in [-0.39, 0.29) is 18.2 Å². The van der Waals surface area contributed by atoms with Gasteiger partial charge in [0.25, 0.3) is 0 Å². The first kappa shape index (κ1) is 9.57. The topological polar surface area (TPSA) is 51.6 Å². The summed E-state index contributed by atoms with van der Waals surface area (Å²) >= 11 is 0. The average Bonchev–Trinajstić information content (AvgIpc) is 2.15. The first-order chi connectivity index (χ1) is 6.24. The lowest BCUT2D eigenvalue weighted by atomic mass is 10.4. The number of hydrogen-bond acceptors (Lipinski definition) is 4. The van der Waals surface area contributed by atoms with Crippen molar-refractivity contribution >= 4 is 5.69 Å². The van der Waals surface area contributed by atoms with Gasteiger partial charge in [0.2, 0.25) is 5.88 Å². The molecule has 5 heteroatoms. The van der Waals surface area contributed by atoms with Gasteiger partial charge in [0.15, 0.2) is 5.69 Å². The van der Waals surface area contributed by atoms with Crippen LogP contribution in [0.3, 0.4) is 0 Å². The van der Waals surface area contributed by atoms with Crippen molar-refractivity contribution in [3.8, 4) is 5.88 Å². The number of nitroso groups, excluding NO2 is 1. The van der Waals surface area contributed by atoms with Crippen LogP contribution in [0.4, 0.5) is 10.1 Å². The third-order valence-electron chi connectivity index (χ3n) is 1.30. The van der Waals surface area contributed by atoms with E-state index in [4.69, 9.17) is 4.74 Å². The number of alkyl halides is 1. The van der Waals surface area contributed by atoms with Gasteiger partial charge in [-0.1, -0.05) is 0 Å². The predicted octanol–water partition coefficient (Wildman–Crippen LogP) is 2.22. The molecule has 0 aromatic carbocycles. The molecule has 0 fully saturated rings. The van der Waals surface area contributed by atoms with Gasteiger partial charge in [-0.25, -0.2) is 9.37 Å². The Hall–Kier alpha value is -1.52. The fourth-order valence-corrected chi connectivity index (χ4v) is 0.757. The maximum absolute atomic E-state index is 12.4. The Morgan fingerprint density at radius 3 is 3.15 bits per heavy atom. The molecule has 0 aliphatic carbocycles. The Balaban J connectivity index is 2.69. The van der Waals surface area contributed by atoms with Crippen LogP contribution in [-0.2, 0) is 0 Å². The van der Waals surface area contributed by atoms with Crippen LogP contribution in [0, 0.1) is 4.91 Å². The molecule has 4 nitrogen and oxygen atoms in total. The quantitative estimate of drug-likeness (QED) is 0.674. The Kier molecular flexibility index (Phi) is 3.31. The largest absolute Gasteiger partial charge is 0.473 e. The van der Waals surface area contributed by atoms with Gasteiger partial charge < -0.3 is 4.74 Å². The molecule has 0 N–H and O–H groups in total. The minimum Gasteiger partial charge on any atom is -0.473 e. The summed E-state index contributed by atoms with van der Waals surface area (Å²) in [7, 11) is 0. The molecule has 70 valence electrons. The van der Waals surface area contributed by atoms with Crippen LogP contribution in [-0.4, -0.2) is 17.8 Å². The van der Waals surface area contributed by atoms with E-state index in [0.29, 0.717) is 0 Å².